The Labute approximate surface area is 223 Å². The minimum atomic E-state index is -4.10. The molecule has 0 radical (unpaired) electrons. The summed E-state index contributed by atoms with van der Waals surface area (Å²) in [6.07, 6.45) is -0.515. The lowest BCUT2D eigenvalue weighted by Crippen LogP contribution is -2.45. The van der Waals surface area contributed by atoms with E-state index in [1.165, 1.54) is 25.1 Å². The molecule has 1 aliphatic heterocycles. The van der Waals surface area contributed by atoms with Crippen molar-refractivity contribution in [2.75, 3.05) is 0 Å². The summed E-state index contributed by atoms with van der Waals surface area (Å²) in [7, 11) is -4.10. The molecule has 12 heteroatoms. The van der Waals surface area contributed by atoms with Crippen molar-refractivity contribution in [2.45, 2.75) is 38.2 Å². The van der Waals surface area contributed by atoms with E-state index < -0.39 is 33.1 Å². The third-order valence-corrected chi connectivity index (χ3v) is 7.94. The van der Waals surface area contributed by atoms with Crippen LogP contribution in [0.4, 0.5) is 4.39 Å². The monoisotopic (exact) mass is 565 g/mol. The van der Waals surface area contributed by atoms with E-state index in [9.17, 15) is 17.6 Å². The smallest absolute Gasteiger partial charge is 0.283 e. The number of hydrogen-bond acceptors (Lipinski definition) is 7. The van der Waals surface area contributed by atoms with E-state index in [2.05, 4.69) is 14.9 Å². The number of ether oxygens (including phenoxy) is 1. The molecule has 3 aromatic rings. The first-order chi connectivity index (χ1) is 17.5. The van der Waals surface area contributed by atoms with Crippen LogP contribution in [0.25, 0.3) is 0 Å². The van der Waals surface area contributed by atoms with E-state index in [0.29, 0.717) is 27.6 Å². The van der Waals surface area contributed by atoms with Crippen LogP contribution in [0.3, 0.4) is 0 Å². The summed E-state index contributed by atoms with van der Waals surface area (Å²) in [5.74, 6) is -0.920. The van der Waals surface area contributed by atoms with Crippen molar-refractivity contribution in [1.82, 2.24) is 9.71 Å². The lowest BCUT2D eigenvalue weighted by molar-refractivity contribution is 0.0964. The molecule has 194 valence electrons. The maximum atomic E-state index is 14.2. The summed E-state index contributed by atoms with van der Waals surface area (Å²) in [4.78, 5) is 22.1. The number of nitrogens with one attached hydrogen (secondary N) is 1. The second-order valence-electron chi connectivity index (χ2n) is 8.41. The molecule has 37 heavy (non-hydrogen) atoms. The number of nitrogens with zero attached hydrogens (tertiary/aromatic N) is 2. The van der Waals surface area contributed by atoms with Crippen LogP contribution in [0.15, 0.2) is 59.8 Å². The predicted molar refractivity (Wildman–Crippen MR) is 138 cm³/mol. The zero-order valence-corrected chi connectivity index (χ0v) is 22.1. The van der Waals surface area contributed by atoms with Gasteiger partial charge in [0.25, 0.3) is 5.91 Å². The minimum absolute atomic E-state index is 0.0443. The number of benzene rings is 2. The molecule has 8 nitrogen and oxygen atoms in total. The van der Waals surface area contributed by atoms with E-state index in [4.69, 9.17) is 32.8 Å². The van der Waals surface area contributed by atoms with Crippen molar-refractivity contribution < 1.29 is 27.2 Å². The van der Waals surface area contributed by atoms with Crippen LogP contribution in [-0.4, -0.2) is 36.4 Å². The Hall–Kier alpha value is -3.21. The van der Waals surface area contributed by atoms with E-state index in [1.54, 1.807) is 43.3 Å². The van der Waals surface area contributed by atoms with Gasteiger partial charge in [-0.05, 0) is 56.3 Å². The van der Waals surface area contributed by atoms with Crippen molar-refractivity contribution in [2.24, 2.45) is 5.16 Å². The molecule has 0 aliphatic carbocycles. The first-order valence-corrected chi connectivity index (χ1v) is 13.4. The summed E-state index contributed by atoms with van der Waals surface area (Å²) in [6, 6.07) is 14.0. The van der Waals surface area contributed by atoms with Crippen molar-refractivity contribution in [3.63, 3.8) is 0 Å². The van der Waals surface area contributed by atoms with Gasteiger partial charge in [0.1, 0.15) is 30.0 Å². The Morgan fingerprint density at radius 1 is 1.11 bits per heavy atom. The Morgan fingerprint density at radius 2 is 1.84 bits per heavy atom. The number of carbonyl (C=O) groups excluding carboxylic acids is 1. The molecule has 2 unspecified atom stereocenters. The highest BCUT2D eigenvalue weighted by atomic mass is 35.5. The first-order valence-electron chi connectivity index (χ1n) is 11.1. The SMILES string of the molecule is CC1=NOC(C)C1S(=O)(=O)NC(=O)c1cccc(Cc2cc(Cl)ccc2OCc2ccc(Cl)cc2F)n1. The Kier molecular flexibility index (Phi) is 8.01. The van der Waals surface area contributed by atoms with Gasteiger partial charge in [0.05, 0.1) is 5.71 Å². The van der Waals surface area contributed by atoms with E-state index >= 15 is 0 Å². The topological polar surface area (TPSA) is 107 Å². The fourth-order valence-electron chi connectivity index (χ4n) is 3.86. The van der Waals surface area contributed by atoms with Crippen LogP contribution in [-0.2, 0) is 27.9 Å². The number of aromatic nitrogens is 1. The van der Waals surface area contributed by atoms with Crippen molar-refractivity contribution in [3.05, 3.63) is 93.0 Å². The van der Waals surface area contributed by atoms with Crippen LogP contribution in [0.1, 0.15) is 41.2 Å². The molecule has 1 N–H and O–H groups in total. The fraction of sp³-hybridized carbons (Fsp3) is 0.240. The normalized spacial score (nSPS) is 17.2. The number of amides is 1. The summed E-state index contributed by atoms with van der Waals surface area (Å²) in [6.45, 7) is 3.03. The van der Waals surface area contributed by atoms with E-state index in [0.717, 1.165) is 0 Å². The van der Waals surface area contributed by atoms with Gasteiger partial charge in [0.15, 0.2) is 5.25 Å². The molecular weight excluding hydrogens is 544 g/mol. The largest absolute Gasteiger partial charge is 0.489 e. The van der Waals surface area contributed by atoms with Gasteiger partial charge >= 0.3 is 0 Å². The molecule has 0 bridgehead atoms. The highest BCUT2D eigenvalue weighted by Gasteiger charge is 2.40. The van der Waals surface area contributed by atoms with Gasteiger partial charge < -0.3 is 9.57 Å². The number of pyridine rings is 1. The second-order valence-corrected chi connectivity index (χ2v) is 11.1. The van der Waals surface area contributed by atoms with Gasteiger partial charge in [-0.3, -0.25) is 4.79 Å². The molecular formula is C25H22Cl2FN3O5S. The number of oxime groups is 1. The van der Waals surface area contributed by atoms with Gasteiger partial charge in [0.2, 0.25) is 10.0 Å². The lowest BCUT2D eigenvalue weighted by Gasteiger charge is -2.15. The highest BCUT2D eigenvalue weighted by molar-refractivity contribution is 7.91. The average Bonchev–Trinajstić information content (AvgIpc) is 3.18. The van der Waals surface area contributed by atoms with Crippen molar-refractivity contribution >= 4 is 44.8 Å². The zero-order valence-electron chi connectivity index (χ0n) is 19.7. The van der Waals surface area contributed by atoms with Gasteiger partial charge in [-0.15, -0.1) is 0 Å². The maximum absolute atomic E-state index is 14.2. The molecule has 1 aromatic heterocycles. The van der Waals surface area contributed by atoms with Gasteiger partial charge in [-0.25, -0.2) is 22.5 Å². The molecule has 2 aromatic carbocycles. The summed E-state index contributed by atoms with van der Waals surface area (Å²) < 4.78 is 47.5. The molecule has 0 saturated carbocycles. The molecule has 0 fully saturated rings. The summed E-state index contributed by atoms with van der Waals surface area (Å²) in [5, 5.41) is 3.33. The van der Waals surface area contributed by atoms with Crippen LogP contribution in [0.2, 0.25) is 10.0 Å². The standard InChI is InChI=1S/C25H22Cl2FN3O5S/c1-14-24(15(2)36-30-14)37(33,34)31-25(32)22-5-3-4-20(29-22)11-17-10-18(26)8-9-23(17)35-13-16-6-7-19(27)12-21(16)28/h3-10,12,15,24H,11,13H2,1-2H3,(H,31,32). The van der Waals surface area contributed by atoms with Crippen molar-refractivity contribution in [1.29, 1.82) is 0 Å². The first kappa shape index (κ1) is 26.8. The molecule has 4 rings (SSSR count). The average molecular weight is 566 g/mol. The second kappa shape index (κ2) is 11.0. The zero-order chi connectivity index (χ0) is 26.7. The Balaban J connectivity index is 1.51. The quantitative estimate of drug-likeness (QED) is 0.415. The number of halogens is 3. The third kappa shape index (κ3) is 6.38. The molecule has 2 atom stereocenters. The number of carbonyl (C=O) groups is 1. The summed E-state index contributed by atoms with van der Waals surface area (Å²) >= 11 is 12.0. The number of hydrogen-bond donors (Lipinski definition) is 1. The molecule has 1 amide bonds. The van der Waals surface area contributed by atoms with Crippen LogP contribution in [0.5, 0.6) is 5.75 Å². The van der Waals surface area contributed by atoms with Gasteiger partial charge in [-0.2, -0.15) is 0 Å². The van der Waals surface area contributed by atoms with E-state index in [-0.39, 0.29) is 29.5 Å². The molecule has 1 aliphatic rings. The molecule has 0 spiro atoms. The van der Waals surface area contributed by atoms with Crippen LogP contribution in [0, 0.1) is 5.82 Å². The van der Waals surface area contributed by atoms with Crippen LogP contribution >= 0.6 is 23.2 Å². The highest BCUT2D eigenvalue weighted by Crippen LogP contribution is 2.27. The van der Waals surface area contributed by atoms with Crippen molar-refractivity contribution in [3.8, 4) is 5.75 Å². The van der Waals surface area contributed by atoms with E-state index in [1.807, 2.05) is 0 Å². The lowest BCUT2D eigenvalue weighted by atomic mass is 10.1. The van der Waals surface area contributed by atoms with Crippen LogP contribution < -0.4 is 9.46 Å². The minimum Gasteiger partial charge on any atom is -0.489 e. The number of sulfonamides is 1. The predicted octanol–water partition coefficient (Wildman–Crippen LogP) is 4.92. The fourth-order valence-corrected chi connectivity index (χ4v) is 5.75. The Morgan fingerprint density at radius 3 is 2.54 bits per heavy atom. The molecule has 2 heterocycles. The van der Waals surface area contributed by atoms with Gasteiger partial charge in [0, 0.05) is 33.3 Å². The van der Waals surface area contributed by atoms with Gasteiger partial charge in [-0.1, -0.05) is 40.5 Å². The molecule has 0 saturated heterocycles. The summed E-state index contributed by atoms with van der Waals surface area (Å²) in [5.41, 5.74) is 1.59. The maximum Gasteiger partial charge on any atom is 0.283 e. The Bertz CT molecular complexity index is 1480. The number of rotatable bonds is 8. The third-order valence-electron chi connectivity index (χ3n) is 5.60.